The van der Waals surface area contributed by atoms with Crippen LogP contribution in [0.15, 0.2) is 47.3 Å². The molecule has 0 atom stereocenters. The van der Waals surface area contributed by atoms with Crippen LogP contribution in [0.4, 0.5) is 5.95 Å². The molecule has 2 N–H and O–H groups in total. The number of imidazole rings is 1. The van der Waals surface area contributed by atoms with Crippen molar-refractivity contribution in [3.63, 3.8) is 0 Å². The molecular weight excluding hydrogens is 468 g/mol. The number of aromatic nitrogens is 4. The van der Waals surface area contributed by atoms with Gasteiger partial charge in [0.2, 0.25) is 16.0 Å². The highest BCUT2D eigenvalue weighted by Crippen LogP contribution is 2.35. The van der Waals surface area contributed by atoms with Crippen LogP contribution < -0.4 is 5.32 Å². The minimum atomic E-state index is -3.18. The quantitative estimate of drug-likeness (QED) is 0.423. The number of phenols is 1. The summed E-state index contributed by atoms with van der Waals surface area (Å²) in [6.45, 7) is 1.27. The van der Waals surface area contributed by atoms with E-state index in [0.717, 1.165) is 6.42 Å². The molecule has 0 aliphatic carbocycles. The molecule has 0 unspecified atom stereocenters. The van der Waals surface area contributed by atoms with Gasteiger partial charge in [-0.3, -0.25) is 4.40 Å². The number of oxazole rings is 1. The van der Waals surface area contributed by atoms with Crippen LogP contribution >= 0.6 is 11.6 Å². The largest absolute Gasteiger partial charge is 0.506 e. The number of nitrogens with one attached hydrogen (secondary N) is 1. The molecule has 3 aromatic heterocycles. The number of rotatable bonds is 6. The summed E-state index contributed by atoms with van der Waals surface area (Å²) in [5.41, 5.74) is 2.44. The fourth-order valence-corrected chi connectivity index (χ4v) is 5.57. The van der Waals surface area contributed by atoms with Crippen molar-refractivity contribution < 1.29 is 17.9 Å². The van der Waals surface area contributed by atoms with E-state index in [9.17, 15) is 13.5 Å². The maximum Gasteiger partial charge on any atom is 0.306 e. The van der Waals surface area contributed by atoms with Gasteiger partial charge in [-0.25, -0.2) is 22.7 Å². The second kappa shape index (κ2) is 8.65. The molecule has 1 aromatic carbocycles. The number of hydrogen-bond acceptors (Lipinski definition) is 8. The van der Waals surface area contributed by atoms with Crippen LogP contribution in [-0.4, -0.2) is 62.6 Å². The van der Waals surface area contributed by atoms with Crippen molar-refractivity contribution in [2.45, 2.75) is 12.8 Å². The molecule has 1 saturated heterocycles. The van der Waals surface area contributed by atoms with E-state index in [4.69, 9.17) is 16.0 Å². The van der Waals surface area contributed by atoms with Crippen LogP contribution in [0.5, 0.6) is 5.75 Å². The first-order chi connectivity index (χ1) is 15.9. The number of phenolic OH excluding ortho intramolecular Hbond substituents is 1. The monoisotopic (exact) mass is 488 g/mol. The fraction of sp³-hybridized carbons (Fsp3) is 0.286. The molecular formula is C21H21ClN6O4S. The van der Waals surface area contributed by atoms with Crippen LogP contribution in [-0.2, 0) is 10.0 Å². The molecule has 0 bridgehead atoms. The highest BCUT2D eigenvalue weighted by atomic mass is 35.5. The van der Waals surface area contributed by atoms with Crippen molar-refractivity contribution in [2.75, 3.05) is 30.7 Å². The third kappa shape index (κ3) is 4.26. The molecule has 1 aliphatic heterocycles. The van der Waals surface area contributed by atoms with Gasteiger partial charge in [-0.1, -0.05) is 17.7 Å². The predicted octanol–water partition coefficient (Wildman–Crippen LogP) is 3.25. The second-order valence-corrected chi connectivity index (χ2v) is 10.1. The molecule has 12 heteroatoms. The lowest BCUT2D eigenvalue weighted by atomic mass is 10.1. The molecule has 4 heterocycles. The van der Waals surface area contributed by atoms with Crippen LogP contribution in [0.3, 0.4) is 0 Å². The van der Waals surface area contributed by atoms with E-state index in [0.29, 0.717) is 60.5 Å². The second-order valence-electron chi connectivity index (χ2n) is 7.65. The first-order valence-electron chi connectivity index (χ1n) is 10.4. The molecule has 1 aliphatic rings. The molecule has 0 radical (unpaired) electrons. The Hall–Kier alpha value is -3.15. The van der Waals surface area contributed by atoms with Crippen LogP contribution in [0.25, 0.3) is 28.5 Å². The Labute approximate surface area is 194 Å². The van der Waals surface area contributed by atoms with Gasteiger partial charge in [0.25, 0.3) is 0 Å². The third-order valence-electron chi connectivity index (χ3n) is 5.48. The number of benzene rings is 1. The van der Waals surface area contributed by atoms with Gasteiger partial charge >= 0.3 is 5.84 Å². The maximum absolute atomic E-state index is 12.2. The normalized spacial score (nSPS) is 16.3. The number of fused-ring (bicyclic) bond motifs is 1. The summed E-state index contributed by atoms with van der Waals surface area (Å²) in [7, 11) is -3.18. The Kier molecular flexibility index (Phi) is 5.69. The summed E-state index contributed by atoms with van der Waals surface area (Å²) in [6, 6.07) is 6.63. The molecule has 5 rings (SSSR count). The SMILES string of the molecule is O=S1(=O)CCCCN1CCNc1nccc(-c2c(-c3ccc(Cl)c(O)c3)nc3occn23)n1. The highest BCUT2D eigenvalue weighted by Gasteiger charge is 2.25. The summed E-state index contributed by atoms with van der Waals surface area (Å²) in [5, 5.41) is 13.4. The van der Waals surface area contributed by atoms with Gasteiger partial charge in [0.1, 0.15) is 23.4 Å². The molecule has 0 saturated carbocycles. The van der Waals surface area contributed by atoms with Gasteiger partial charge in [-0.15, -0.1) is 0 Å². The number of halogens is 1. The minimum absolute atomic E-state index is 0.0533. The predicted molar refractivity (Wildman–Crippen MR) is 124 cm³/mol. The average molecular weight is 489 g/mol. The standard InChI is InChI=1S/C21H21ClN6O4S/c22-15-4-3-14(13-17(15)29)18-19(28-10-11-32-21(28)26-18)16-5-6-23-20(25-16)24-7-9-27-8-1-2-12-33(27,30)31/h3-6,10-11,13,29H,1-2,7-9,12H2,(H,23,24,25). The van der Waals surface area contributed by atoms with Crippen LogP contribution in [0, 0.1) is 0 Å². The van der Waals surface area contributed by atoms with Crippen molar-refractivity contribution >= 4 is 33.4 Å². The first-order valence-corrected chi connectivity index (χ1v) is 12.4. The minimum Gasteiger partial charge on any atom is -0.506 e. The topological polar surface area (TPSA) is 126 Å². The third-order valence-corrected chi connectivity index (χ3v) is 7.75. The zero-order chi connectivity index (χ0) is 23.0. The number of hydrogen-bond donors (Lipinski definition) is 2. The Morgan fingerprint density at radius 2 is 2.09 bits per heavy atom. The lowest BCUT2D eigenvalue weighted by Crippen LogP contribution is -2.40. The molecule has 0 spiro atoms. The zero-order valence-corrected chi connectivity index (χ0v) is 19.1. The summed E-state index contributed by atoms with van der Waals surface area (Å²) in [5.74, 6) is 0.884. The molecule has 0 amide bonds. The van der Waals surface area contributed by atoms with Gasteiger partial charge in [0.05, 0.1) is 16.5 Å². The van der Waals surface area contributed by atoms with E-state index >= 15 is 0 Å². The fourth-order valence-electron chi connectivity index (χ4n) is 3.85. The summed E-state index contributed by atoms with van der Waals surface area (Å²) in [6.07, 6.45) is 6.45. The van der Waals surface area contributed by atoms with Crippen LogP contribution in [0.2, 0.25) is 5.02 Å². The van der Waals surface area contributed by atoms with Gasteiger partial charge < -0.3 is 14.8 Å². The molecule has 4 aromatic rings. The summed E-state index contributed by atoms with van der Waals surface area (Å²) >= 11 is 5.96. The number of aromatic hydroxyl groups is 1. The van der Waals surface area contributed by atoms with Gasteiger partial charge in [0.15, 0.2) is 0 Å². The Morgan fingerprint density at radius 1 is 1.21 bits per heavy atom. The molecule has 1 fully saturated rings. The zero-order valence-electron chi connectivity index (χ0n) is 17.5. The van der Waals surface area contributed by atoms with E-state index in [-0.39, 0.29) is 16.5 Å². The number of sulfonamides is 1. The number of anilines is 1. The smallest absolute Gasteiger partial charge is 0.306 e. The molecule has 33 heavy (non-hydrogen) atoms. The summed E-state index contributed by atoms with van der Waals surface area (Å²) < 4.78 is 33.1. The van der Waals surface area contributed by atoms with E-state index in [1.165, 1.54) is 16.6 Å². The van der Waals surface area contributed by atoms with Crippen molar-refractivity contribution in [3.05, 3.63) is 47.9 Å². The molecule has 10 nitrogen and oxygen atoms in total. The van der Waals surface area contributed by atoms with Gasteiger partial charge in [-0.2, -0.15) is 4.98 Å². The van der Waals surface area contributed by atoms with Gasteiger partial charge in [-0.05, 0) is 31.0 Å². The van der Waals surface area contributed by atoms with E-state index in [1.54, 1.807) is 35.0 Å². The Morgan fingerprint density at radius 3 is 2.91 bits per heavy atom. The average Bonchev–Trinajstić information content (AvgIpc) is 3.38. The lowest BCUT2D eigenvalue weighted by Gasteiger charge is -2.26. The van der Waals surface area contributed by atoms with Crippen LogP contribution in [0.1, 0.15) is 12.8 Å². The molecule has 172 valence electrons. The van der Waals surface area contributed by atoms with E-state index in [1.807, 2.05) is 0 Å². The Bertz CT molecular complexity index is 1420. The van der Waals surface area contributed by atoms with Crippen molar-refractivity contribution in [1.29, 1.82) is 0 Å². The lowest BCUT2D eigenvalue weighted by molar-refractivity contribution is 0.393. The highest BCUT2D eigenvalue weighted by molar-refractivity contribution is 7.89. The first kappa shape index (κ1) is 21.7. The number of nitrogens with zero attached hydrogens (tertiary/aromatic N) is 5. The Balaban J connectivity index is 1.43. The van der Waals surface area contributed by atoms with Crippen molar-refractivity contribution in [3.8, 4) is 28.4 Å². The summed E-state index contributed by atoms with van der Waals surface area (Å²) in [4.78, 5) is 13.4. The van der Waals surface area contributed by atoms with Crippen molar-refractivity contribution in [2.24, 2.45) is 0 Å². The van der Waals surface area contributed by atoms with Crippen molar-refractivity contribution in [1.82, 2.24) is 23.7 Å². The van der Waals surface area contributed by atoms with E-state index in [2.05, 4.69) is 20.3 Å². The van der Waals surface area contributed by atoms with E-state index < -0.39 is 10.0 Å². The van der Waals surface area contributed by atoms with Gasteiger partial charge in [0, 0.05) is 37.6 Å². The maximum atomic E-state index is 12.2.